The lowest BCUT2D eigenvalue weighted by Crippen LogP contribution is -2.62. The third-order valence-corrected chi connectivity index (χ3v) is 9.63. The van der Waals surface area contributed by atoms with E-state index in [0.717, 1.165) is 6.42 Å². The van der Waals surface area contributed by atoms with E-state index < -0.39 is 22.9 Å². The van der Waals surface area contributed by atoms with E-state index in [1.165, 1.54) is 21.3 Å². The monoisotopic (exact) mass is 573 g/mol. The number of benzene rings is 3. The van der Waals surface area contributed by atoms with Crippen LogP contribution in [0.5, 0.6) is 17.2 Å². The molecule has 0 radical (unpaired) electrons. The lowest BCUT2D eigenvalue weighted by Gasteiger charge is -2.43. The number of hydrogen-bond donors (Lipinski definition) is 2. The third-order valence-electron chi connectivity index (χ3n) is 9.31. The number of nitrogens with zero attached hydrogens (tertiary/aromatic N) is 1. The van der Waals surface area contributed by atoms with Gasteiger partial charge in [-0.25, -0.2) is 0 Å². The van der Waals surface area contributed by atoms with Gasteiger partial charge in [0.2, 0.25) is 11.7 Å². The van der Waals surface area contributed by atoms with Crippen LogP contribution >= 0.6 is 11.6 Å². The highest BCUT2D eigenvalue weighted by Crippen LogP contribution is 2.68. The fourth-order valence-electron chi connectivity index (χ4n) is 7.97. The summed E-state index contributed by atoms with van der Waals surface area (Å²) in [6.45, 7) is 0.542. The Morgan fingerprint density at radius 2 is 1.63 bits per heavy atom. The lowest BCUT2D eigenvalue weighted by molar-refractivity contribution is -0.137. The first-order valence-corrected chi connectivity index (χ1v) is 13.9. The molecule has 2 fully saturated rings. The molecule has 0 unspecified atom stereocenters. The van der Waals surface area contributed by atoms with Gasteiger partial charge in [0, 0.05) is 22.9 Å². The van der Waals surface area contributed by atoms with Gasteiger partial charge in [-0.3, -0.25) is 19.3 Å². The molecular weight excluding hydrogens is 546 g/mol. The molecule has 4 aliphatic heterocycles. The number of methoxy groups -OCH3 is 3. The summed E-state index contributed by atoms with van der Waals surface area (Å²) in [6, 6.07) is 15.5. The average molecular weight is 574 g/mol. The first-order valence-electron chi connectivity index (χ1n) is 13.5. The SMILES string of the molecule is COc1cc(C(=O)[C@@H]2[C@@H]3CCCN3[C@]3(C(=O)Nc4c(Cl)cccc43)[C@@]23C(=O)Nc2ccccc23)cc(OC)c1OC. The Morgan fingerprint density at radius 3 is 2.34 bits per heavy atom. The van der Waals surface area contributed by atoms with Crippen LogP contribution < -0.4 is 24.8 Å². The van der Waals surface area contributed by atoms with Crippen LogP contribution in [0, 0.1) is 5.92 Å². The number of anilines is 2. The van der Waals surface area contributed by atoms with E-state index in [1.807, 2.05) is 30.3 Å². The summed E-state index contributed by atoms with van der Waals surface area (Å²) in [4.78, 5) is 46.1. The number of nitrogens with one attached hydrogen (secondary N) is 2. The zero-order valence-corrected chi connectivity index (χ0v) is 23.5. The summed E-state index contributed by atoms with van der Waals surface area (Å²) in [7, 11) is 4.47. The smallest absolute Gasteiger partial charge is 0.251 e. The Labute approximate surface area is 241 Å². The van der Waals surface area contributed by atoms with E-state index in [-0.39, 0.29) is 17.6 Å². The maximum Gasteiger partial charge on any atom is 0.251 e. The average Bonchev–Trinajstić information content (AvgIpc) is 3.71. The van der Waals surface area contributed by atoms with Gasteiger partial charge < -0.3 is 24.8 Å². The molecule has 0 aliphatic carbocycles. The topological polar surface area (TPSA) is 106 Å². The van der Waals surface area contributed by atoms with Crippen molar-refractivity contribution in [1.82, 2.24) is 4.90 Å². The molecule has 0 aromatic heterocycles. The predicted octanol–water partition coefficient (Wildman–Crippen LogP) is 4.38. The van der Waals surface area contributed by atoms with Crippen molar-refractivity contribution in [3.63, 3.8) is 0 Å². The van der Waals surface area contributed by atoms with E-state index in [4.69, 9.17) is 25.8 Å². The molecule has 4 heterocycles. The summed E-state index contributed by atoms with van der Waals surface area (Å²) in [5, 5.41) is 6.42. The highest BCUT2D eigenvalue weighted by molar-refractivity contribution is 6.35. The largest absolute Gasteiger partial charge is 0.493 e. The molecule has 2 saturated heterocycles. The summed E-state index contributed by atoms with van der Waals surface area (Å²) < 4.78 is 16.6. The van der Waals surface area contributed by atoms with Crippen LogP contribution in [0.15, 0.2) is 54.6 Å². The molecule has 3 aromatic rings. The first kappa shape index (κ1) is 25.9. The van der Waals surface area contributed by atoms with E-state index in [9.17, 15) is 14.4 Å². The number of amides is 2. The van der Waals surface area contributed by atoms with Gasteiger partial charge in [-0.2, -0.15) is 0 Å². The molecule has 4 aliphatic rings. The van der Waals surface area contributed by atoms with Crippen molar-refractivity contribution >= 4 is 40.6 Å². The van der Waals surface area contributed by atoms with Gasteiger partial charge in [0.15, 0.2) is 17.3 Å². The van der Waals surface area contributed by atoms with Gasteiger partial charge >= 0.3 is 0 Å². The highest BCUT2D eigenvalue weighted by Gasteiger charge is 2.81. The summed E-state index contributed by atoms with van der Waals surface area (Å²) in [6.07, 6.45) is 1.41. The number of para-hydroxylation sites is 2. The summed E-state index contributed by atoms with van der Waals surface area (Å²) >= 11 is 6.62. The maximum absolute atomic E-state index is 15.0. The van der Waals surface area contributed by atoms with E-state index in [0.29, 0.717) is 63.3 Å². The van der Waals surface area contributed by atoms with Gasteiger partial charge in [-0.05, 0) is 49.2 Å². The minimum absolute atomic E-state index is 0.284. The van der Waals surface area contributed by atoms with Crippen LogP contribution in [0.4, 0.5) is 11.4 Å². The molecular formula is C31H28ClN3O6. The molecule has 2 N–H and O–H groups in total. The molecule has 7 rings (SSSR count). The quantitative estimate of drug-likeness (QED) is 0.436. The highest BCUT2D eigenvalue weighted by atomic mass is 35.5. The Kier molecular flexibility index (Phi) is 5.65. The van der Waals surface area contributed by atoms with Gasteiger partial charge in [0.25, 0.3) is 5.91 Å². The standard InChI is InChI=1S/C31H28ClN3O6/c1-39-22-14-16(15-23(40-2)27(22)41-3)26(36)24-21-12-7-13-35(21)31(18-9-6-10-19(32)25(18)34-29(31)38)30(24)17-8-4-5-11-20(17)33-28(30)37/h4-6,8-11,14-15,21,24H,7,12-13H2,1-3H3,(H,33,37)(H,34,38)/t21-,24-,30+,31+/m0/s1. The number of Topliss-reactive ketones (excluding diaryl/α,β-unsaturated/α-hetero) is 1. The fraction of sp³-hybridized carbons (Fsp3) is 0.323. The van der Waals surface area contributed by atoms with Crippen LogP contribution in [-0.4, -0.2) is 56.4 Å². The van der Waals surface area contributed by atoms with Crippen molar-refractivity contribution in [2.45, 2.75) is 29.8 Å². The Hall–Kier alpha value is -4.08. The van der Waals surface area contributed by atoms with Crippen molar-refractivity contribution in [2.24, 2.45) is 5.92 Å². The Balaban J connectivity index is 1.55. The number of rotatable bonds is 5. The molecule has 9 nitrogen and oxygen atoms in total. The fourth-order valence-corrected chi connectivity index (χ4v) is 8.19. The molecule has 4 atom stereocenters. The van der Waals surface area contributed by atoms with Gasteiger partial charge in [-0.15, -0.1) is 0 Å². The molecule has 3 aromatic carbocycles. The Bertz CT molecular complexity index is 1630. The number of fused-ring (bicyclic) bond motifs is 7. The molecule has 2 spiro atoms. The number of ether oxygens (including phenoxy) is 3. The number of halogens is 1. The van der Waals surface area contributed by atoms with E-state index in [1.54, 1.807) is 24.3 Å². The van der Waals surface area contributed by atoms with Gasteiger partial charge in [-0.1, -0.05) is 41.9 Å². The van der Waals surface area contributed by atoms with Crippen LogP contribution in [0.25, 0.3) is 0 Å². The van der Waals surface area contributed by atoms with Crippen molar-refractivity contribution in [1.29, 1.82) is 0 Å². The lowest BCUT2D eigenvalue weighted by atomic mass is 9.57. The normalized spacial score (nSPS) is 27.4. The van der Waals surface area contributed by atoms with Crippen LogP contribution in [0.3, 0.4) is 0 Å². The zero-order valence-electron chi connectivity index (χ0n) is 22.7. The number of carbonyl (C=O) groups is 3. The van der Waals surface area contributed by atoms with Crippen molar-refractivity contribution in [3.05, 3.63) is 76.3 Å². The zero-order chi connectivity index (χ0) is 28.7. The van der Waals surface area contributed by atoms with Crippen molar-refractivity contribution in [2.75, 3.05) is 38.5 Å². The second-order valence-electron chi connectivity index (χ2n) is 10.8. The van der Waals surface area contributed by atoms with Gasteiger partial charge in [0.05, 0.1) is 38.0 Å². The number of ketones is 1. The Morgan fingerprint density at radius 1 is 0.927 bits per heavy atom. The van der Waals surface area contributed by atoms with E-state index >= 15 is 0 Å². The van der Waals surface area contributed by atoms with Crippen molar-refractivity contribution in [3.8, 4) is 17.2 Å². The predicted molar refractivity (Wildman–Crippen MR) is 152 cm³/mol. The second-order valence-corrected chi connectivity index (χ2v) is 11.2. The second kappa shape index (κ2) is 8.96. The minimum atomic E-state index is -1.58. The molecule has 2 amide bonds. The number of hydrogen-bond acceptors (Lipinski definition) is 7. The molecule has 10 heteroatoms. The molecule has 0 saturated carbocycles. The summed E-state index contributed by atoms with van der Waals surface area (Å²) in [5.74, 6) is -0.935. The minimum Gasteiger partial charge on any atom is -0.493 e. The van der Waals surface area contributed by atoms with Crippen LogP contribution in [-0.2, 0) is 20.5 Å². The van der Waals surface area contributed by atoms with Crippen LogP contribution in [0.1, 0.15) is 34.3 Å². The maximum atomic E-state index is 15.0. The molecule has 0 bridgehead atoms. The first-order chi connectivity index (χ1) is 19.9. The van der Waals surface area contributed by atoms with Crippen LogP contribution in [0.2, 0.25) is 5.02 Å². The number of carbonyl (C=O) groups excluding carboxylic acids is 3. The molecule has 41 heavy (non-hydrogen) atoms. The summed E-state index contributed by atoms with van der Waals surface area (Å²) in [5.41, 5.74) is -0.485. The van der Waals surface area contributed by atoms with Gasteiger partial charge in [0.1, 0.15) is 11.0 Å². The third kappa shape index (κ3) is 2.97. The molecule has 210 valence electrons. The van der Waals surface area contributed by atoms with Crippen molar-refractivity contribution < 1.29 is 28.6 Å². The van der Waals surface area contributed by atoms with E-state index in [2.05, 4.69) is 15.5 Å².